The lowest BCUT2D eigenvalue weighted by atomic mass is 9.93. The largest absolute Gasteiger partial charge is 0.468 e. The number of ether oxygens (including phenoxy) is 1. The Morgan fingerprint density at radius 3 is 2.79 bits per heavy atom. The molecule has 0 aliphatic carbocycles. The van der Waals surface area contributed by atoms with E-state index in [0.29, 0.717) is 6.54 Å². The van der Waals surface area contributed by atoms with E-state index in [9.17, 15) is 13.2 Å². The third-order valence-corrected chi connectivity index (χ3v) is 3.82. The third kappa shape index (κ3) is 5.58. The van der Waals surface area contributed by atoms with Crippen molar-refractivity contribution in [2.45, 2.75) is 33.0 Å². The van der Waals surface area contributed by atoms with E-state index >= 15 is 0 Å². The van der Waals surface area contributed by atoms with Crippen molar-refractivity contribution in [2.75, 3.05) is 26.7 Å². The van der Waals surface area contributed by atoms with E-state index in [-0.39, 0.29) is 11.3 Å². The highest BCUT2D eigenvalue weighted by atomic mass is 19.4. The fraction of sp³-hybridized carbons (Fsp3) is 0.625. The minimum atomic E-state index is -4.37. The van der Waals surface area contributed by atoms with E-state index in [1.165, 1.54) is 12.3 Å². The van der Waals surface area contributed by atoms with Crippen molar-refractivity contribution in [1.82, 2.24) is 15.2 Å². The molecular formula is C16H23F3N4O. The number of alkyl halides is 3. The summed E-state index contributed by atoms with van der Waals surface area (Å²) in [5, 5.41) is 3.24. The molecule has 24 heavy (non-hydrogen) atoms. The molecule has 134 valence electrons. The highest BCUT2D eigenvalue weighted by Crippen LogP contribution is 2.28. The van der Waals surface area contributed by atoms with Crippen LogP contribution in [0.4, 0.5) is 13.2 Å². The monoisotopic (exact) mass is 344 g/mol. The predicted molar refractivity (Wildman–Crippen MR) is 86.0 cm³/mol. The molecule has 1 fully saturated rings. The van der Waals surface area contributed by atoms with Crippen molar-refractivity contribution >= 4 is 5.96 Å². The fourth-order valence-corrected chi connectivity index (χ4v) is 2.60. The van der Waals surface area contributed by atoms with Crippen molar-refractivity contribution < 1.29 is 17.9 Å². The number of guanidine groups is 1. The Kier molecular flexibility index (Phi) is 5.56. The lowest BCUT2D eigenvalue weighted by molar-refractivity contribution is -0.154. The summed E-state index contributed by atoms with van der Waals surface area (Å²) in [5.74, 6) is 0.749. The van der Waals surface area contributed by atoms with Crippen molar-refractivity contribution in [3.63, 3.8) is 0 Å². The van der Waals surface area contributed by atoms with Gasteiger partial charge in [-0.15, -0.1) is 0 Å². The molecule has 1 saturated heterocycles. The van der Waals surface area contributed by atoms with Crippen LogP contribution >= 0.6 is 0 Å². The molecule has 1 aromatic rings. The summed E-state index contributed by atoms with van der Waals surface area (Å²) in [5.41, 5.74) is 1.04. The minimum Gasteiger partial charge on any atom is -0.468 e. The number of nitrogens with one attached hydrogen (secondary N) is 1. The van der Waals surface area contributed by atoms with Gasteiger partial charge in [0.25, 0.3) is 0 Å². The molecule has 8 heteroatoms. The summed E-state index contributed by atoms with van der Waals surface area (Å²) < 4.78 is 41.2. The van der Waals surface area contributed by atoms with Gasteiger partial charge in [0, 0.05) is 38.9 Å². The molecule has 0 amide bonds. The van der Waals surface area contributed by atoms with Crippen LogP contribution < -0.4 is 10.1 Å². The number of aliphatic imine (C=N–C) groups is 1. The standard InChI is InChI=1S/C16H23F3N4O/c1-15(2)5-7-23(10-15)14(20-3)22-9-12-4-6-21-13(8-12)24-11-16(17,18)19/h4,6,8H,5,7,9-11H2,1-3H3,(H,20,22). The highest BCUT2D eigenvalue weighted by molar-refractivity contribution is 5.80. The Bertz CT molecular complexity index is 587. The second-order valence-corrected chi connectivity index (χ2v) is 6.64. The van der Waals surface area contributed by atoms with Gasteiger partial charge in [-0.2, -0.15) is 13.2 Å². The van der Waals surface area contributed by atoms with Crippen molar-refractivity contribution in [3.8, 4) is 5.88 Å². The van der Waals surface area contributed by atoms with Crippen LogP contribution in [0.1, 0.15) is 25.8 Å². The van der Waals surface area contributed by atoms with Gasteiger partial charge in [-0.05, 0) is 23.5 Å². The van der Waals surface area contributed by atoms with Gasteiger partial charge < -0.3 is 15.0 Å². The van der Waals surface area contributed by atoms with Gasteiger partial charge in [0.2, 0.25) is 5.88 Å². The number of hydrogen-bond donors (Lipinski definition) is 1. The number of nitrogens with zero attached hydrogens (tertiary/aromatic N) is 3. The predicted octanol–water partition coefficient (Wildman–Crippen LogP) is 2.83. The molecule has 2 heterocycles. The van der Waals surface area contributed by atoms with Crippen molar-refractivity contribution in [2.24, 2.45) is 10.4 Å². The minimum absolute atomic E-state index is 0.0380. The van der Waals surface area contributed by atoms with E-state index in [1.54, 1.807) is 13.1 Å². The van der Waals surface area contributed by atoms with Crippen LogP contribution in [0.15, 0.2) is 23.3 Å². The first kappa shape index (κ1) is 18.4. The van der Waals surface area contributed by atoms with Crippen LogP contribution in [0.2, 0.25) is 0 Å². The molecule has 1 aromatic heterocycles. The second kappa shape index (κ2) is 7.27. The zero-order chi connectivity index (χ0) is 17.8. The third-order valence-electron chi connectivity index (χ3n) is 3.82. The lowest BCUT2D eigenvalue weighted by Gasteiger charge is -2.23. The average molecular weight is 344 g/mol. The first-order valence-electron chi connectivity index (χ1n) is 7.79. The van der Waals surface area contributed by atoms with Crippen molar-refractivity contribution in [1.29, 1.82) is 0 Å². The van der Waals surface area contributed by atoms with Crippen LogP contribution in [0.25, 0.3) is 0 Å². The Labute approximate surface area is 139 Å². The van der Waals surface area contributed by atoms with Crippen molar-refractivity contribution in [3.05, 3.63) is 23.9 Å². The molecule has 0 unspecified atom stereocenters. The van der Waals surface area contributed by atoms with Gasteiger partial charge in [0.1, 0.15) is 0 Å². The molecule has 5 nitrogen and oxygen atoms in total. The number of hydrogen-bond acceptors (Lipinski definition) is 3. The van der Waals surface area contributed by atoms with Gasteiger partial charge in [0.05, 0.1) is 0 Å². The van der Waals surface area contributed by atoms with Crippen LogP contribution in [-0.4, -0.2) is 48.8 Å². The van der Waals surface area contributed by atoms with Crippen LogP contribution in [-0.2, 0) is 6.54 Å². The highest BCUT2D eigenvalue weighted by Gasteiger charge is 2.31. The molecule has 1 N–H and O–H groups in total. The second-order valence-electron chi connectivity index (χ2n) is 6.64. The zero-order valence-corrected chi connectivity index (χ0v) is 14.2. The fourth-order valence-electron chi connectivity index (χ4n) is 2.60. The SMILES string of the molecule is CN=C(NCc1ccnc(OCC(F)(F)F)c1)N1CCC(C)(C)C1. The van der Waals surface area contributed by atoms with Crippen LogP contribution in [0.3, 0.4) is 0 Å². The number of aromatic nitrogens is 1. The summed E-state index contributed by atoms with van der Waals surface area (Å²) in [6.45, 7) is 5.38. The summed E-state index contributed by atoms with van der Waals surface area (Å²) in [7, 11) is 1.72. The Balaban J connectivity index is 1.91. The molecule has 0 saturated carbocycles. The van der Waals surface area contributed by atoms with Gasteiger partial charge in [-0.25, -0.2) is 4.98 Å². The molecule has 1 aliphatic rings. The van der Waals surface area contributed by atoms with E-state index in [2.05, 4.69) is 38.8 Å². The summed E-state index contributed by atoms with van der Waals surface area (Å²) in [4.78, 5) is 10.3. The number of halogens is 3. The number of likely N-dealkylation sites (tertiary alicyclic amines) is 1. The Morgan fingerprint density at radius 1 is 1.46 bits per heavy atom. The van der Waals surface area contributed by atoms with Gasteiger partial charge >= 0.3 is 6.18 Å². The lowest BCUT2D eigenvalue weighted by Crippen LogP contribution is -2.40. The maximum atomic E-state index is 12.2. The quantitative estimate of drug-likeness (QED) is 0.674. The van der Waals surface area contributed by atoms with Gasteiger partial charge in [-0.1, -0.05) is 13.8 Å². The first-order valence-corrected chi connectivity index (χ1v) is 7.79. The Hall–Kier alpha value is -1.99. The summed E-state index contributed by atoms with van der Waals surface area (Å²) in [6.07, 6.45) is -1.84. The summed E-state index contributed by atoms with van der Waals surface area (Å²) in [6, 6.07) is 3.23. The molecule has 0 bridgehead atoms. The van der Waals surface area contributed by atoms with E-state index < -0.39 is 12.8 Å². The topological polar surface area (TPSA) is 49.8 Å². The van der Waals surface area contributed by atoms with Gasteiger partial charge in [-0.3, -0.25) is 4.99 Å². The smallest absolute Gasteiger partial charge is 0.422 e. The molecule has 1 aliphatic heterocycles. The normalized spacial score (nSPS) is 17.9. The molecule has 0 atom stereocenters. The Morgan fingerprint density at radius 2 is 2.21 bits per heavy atom. The number of pyridine rings is 1. The number of rotatable bonds is 4. The molecule has 0 radical (unpaired) electrons. The molecular weight excluding hydrogens is 321 g/mol. The average Bonchev–Trinajstić information content (AvgIpc) is 2.86. The zero-order valence-electron chi connectivity index (χ0n) is 14.2. The maximum Gasteiger partial charge on any atom is 0.422 e. The van der Waals surface area contributed by atoms with E-state index in [4.69, 9.17) is 0 Å². The van der Waals surface area contributed by atoms with Crippen LogP contribution in [0.5, 0.6) is 5.88 Å². The molecule has 0 spiro atoms. The molecule has 0 aromatic carbocycles. The van der Waals surface area contributed by atoms with E-state index in [0.717, 1.165) is 31.0 Å². The maximum absolute atomic E-state index is 12.2. The van der Waals surface area contributed by atoms with Gasteiger partial charge in [0.15, 0.2) is 12.6 Å². The van der Waals surface area contributed by atoms with E-state index in [1.807, 2.05) is 0 Å². The van der Waals surface area contributed by atoms with Crippen LogP contribution in [0, 0.1) is 5.41 Å². The first-order chi connectivity index (χ1) is 11.2. The molecule has 2 rings (SSSR count). The summed E-state index contributed by atoms with van der Waals surface area (Å²) >= 11 is 0.